The number of fused-ring (bicyclic) bond motifs is 1. The second kappa shape index (κ2) is 9.03. The van der Waals surface area contributed by atoms with Crippen LogP contribution in [0.4, 0.5) is 0 Å². The van der Waals surface area contributed by atoms with Crippen LogP contribution in [-0.4, -0.2) is 19.7 Å². The Morgan fingerprint density at radius 2 is 1.79 bits per heavy atom. The molecule has 5 aromatic rings. The Kier molecular flexibility index (Phi) is 5.79. The van der Waals surface area contributed by atoms with Gasteiger partial charge in [-0.05, 0) is 60.4 Å². The molecule has 0 atom stereocenters. The SMILES string of the molecule is Cc1cc2oc(=O)cc(CSc3nnc(-c4cccnc4)n3Cc3ccccc3)c2cc1C. The summed E-state index contributed by atoms with van der Waals surface area (Å²) >= 11 is 1.56. The van der Waals surface area contributed by atoms with Gasteiger partial charge in [0, 0.05) is 35.2 Å². The summed E-state index contributed by atoms with van der Waals surface area (Å²) in [7, 11) is 0. The van der Waals surface area contributed by atoms with Crippen molar-refractivity contribution in [2.75, 3.05) is 0 Å². The molecule has 0 aliphatic heterocycles. The van der Waals surface area contributed by atoms with Crippen molar-refractivity contribution < 1.29 is 4.42 Å². The highest BCUT2D eigenvalue weighted by atomic mass is 32.2. The molecule has 33 heavy (non-hydrogen) atoms. The third kappa shape index (κ3) is 4.45. The predicted molar refractivity (Wildman–Crippen MR) is 130 cm³/mol. The predicted octanol–water partition coefficient (Wildman–Crippen LogP) is 5.40. The molecule has 3 heterocycles. The molecule has 0 fully saturated rings. The number of benzene rings is 2. The standard InChI is InChI=1S/C26H22N4O2S/c1-17-11-22-21(13-24(31)32-23(22)12-18(17)2)16-33-26-29-28-25(20-9-6-10-27-14-20)30(26)15-19-7-4-3-5-8-19/h3-14H,15-16H2,1-2H3. The van der Waals surface area contributed by atoms with Gasteiger partial charge < -0.3 is 4.42 Å². The first-order valence-corrected chi connectivity index (χ1v) is 11.6. The van der Waals surface area contributed by atoms with Gasteiger partial charge >= 0.3 is 5.63 Å². The van der Waals surface area contributed by atoms with Crippen LogP contribution in [-0.2, 0) is 12.3 Å². The summed E-state index contributed by atoms with van der Waals surface area (Å²) in [5, 5.41) is 10.7. The van der Waals surface area contributed by atoms with Gasteiger partial charge in [-0.2, -0.15) is 0 Å². The van der Waals surface area contributed by atoms with Crippen LogP contribution in [0.1, 0.15) is 22.3 Å². The average Bonchev–Trinajstić information content (AvgIpc) is 3.22. The highest BCUT2D eigenvalue weighted by Crippen LogP contribution is 2.30. The second-order valence-electron chi connectivity index (χ2n) is 7.93. The zero-order valence-corrected chi connectivity index (χ0v) is 19.2. The largest absolute Gasteiger partial charge is 0.423 e. The van der Waals surface area contributed by atoms with Crippen LogP contribution >= 0.6 is 11.8 Å². The number of thioether (sulfide) groups is 1. The monoisotopic (exact) mass is 454 g/mol. The van der Waals surface area contributed by atoms with E-state index in [1.165, 1.54) is 0 Å². The lowest BCUT2D eigenvalue weighted by Gasteiger charge is -2.11. The van der Waals surface area contributed by atoms with Crippen molar-refractivity contribution in [3.63, 3.8) is 0 Å². The van der Waals surface area contributed by atoms with E-state index in [4.69, 9.17) is 4.42 Å². The number of hydrogen-bond acceptors (Lipinski definition) is 6. The van der Waals surface area contributed by atoms with E-state index in [-0.39, 0.29) is 5.63 Å². The number of aryl methyl sites for hydroxylation is 2. The molecule has 164 valence electrons. The second-order valence-corrected chi connectivity index (χ2v) is 8.87. The molecule has 0 aliphatic rings. The molecular weight excluding hydrogens is 432 g/mol. The van der Waals surface area contributed by atoms with Crippen LogP contribution < -0.4 is 5.63 Å². The van der Waals surface area contributed by atoms with E-state index in [2.05, 4.69) is 44.9 Å². The summed E-state index contributed by atoms with van der Waals surface area (Å²) in [6, 6.07) is 19.7. The molecule has 6 nitrogen and oxygen atoms in total. The fourth-order valence-corrected chi connectivity index (χ4v) is 4.69. The molecule has 0 aliphatic carbocycles. The summed E-state index contributed by atoms with van der Waals surface area (Å²) in [5.74, 6) is 1.34. The third-order valence-electron chi connectivity index (χ3n) is 5.62. The van der Waals surface area contributed by atoms with Crippen LogP contribution in [0.5, 0.6) is 0 Å². The Hall–Kier alpha value is -3.71. The van der Waals surface area contributed by atoms with E-state index in [0.717, 1.165) is 44.2 Å². The molecule has 0 saturated heterocycles. The topological polar surface area (TPSA) is 73.8 Å². The van der Waals surface area contributed by atoms with Crippen molar-refractivity contribution >= 4 is 22.7 Å². The number of aromatic nitrogens is 4. The minimum absolute atomic E-state index is 0.344. The van der Waals surface area contributed by atoms with Gasteiger partial charge in [-0.1, -0.05) is 42.1 Å². The normalized spacial score (nSPS) is 11.2. The molecule has 0 bridgehead atoms. The quantitative estimate of drug-likeness (QED) is 0.252. The number of pyridine rings is 1. The van der Waals surface area contributed by atoms with Gasteiger partial charge in [-0.25, -0.2) is 4.79 Å². The van der Waals surface area contributed by atoms with Crippen molar-refractivity contribution in [1.82, 2.24) is 19.7 Å². The molecule has 5 rings (SSSR count). The molecule has 0 radical (unpaired) electrons. The number of hydrogen-bond donors (Lipinski definition) is 0. The maximum absolute atomic E-state index is 12.2. The van der Waals surface area contributed by atoms with Gasteiger partial charge in [0.1, 0.15) is 5.58 Å². The molecule has 3 aromatic heterocycles. The minimum atomic E-state index is -0.344. The van der Waals surface area contributed by atoms with Crippen molar-refractivity contribution in [2.24, 2.45) is 0 Å². The number of nitrogens with zero attached hydrogens (tertiary/aromatic N) is 4. The van der Waals surface area contributed by atoms with Crippen molar-refractivity contribution in [3.8, 4) is 11.4 Å². The van der Waals surface area contributed by atoms with Crippen LogP contribution in [0.3, 0.4) is 0 Å². The summed E-state index contributed by atoms with van der Waals surface area (Å²) < 4.78 is 7.55. The fourth-order valence-electron chi connectivity index (χ4n) is 3.76. The zero-order valence-electron chi connectivity index (χ0n) is 18.4. The van der Waals surface area contributed by atoms with Crippen LogP contribution in [0.25, 0.3) is 22.4 Å². The highest BCUT2D eigenvalue weighted by Gasteiger charge is 2.16. The Bertz CT molecular complexity index is 1480. The highest BCUT2D eigenvalue weighted by molar-refractivity contribution is 7.98. The van der Waals surface area contributed by atoms with Gasteiger partial charge in [0.2, 0.25) is 0 Å². The first-order chi connectivity index (χ1) is 16.1. The molecule has 0 amide bonds. The molecule has 7 heteroatoms. The lowest BCUT2D eigenvalue weighted by molar-refractivity contribution is 0.559. The van der Waals surface area contributed by atoms with Crippen molar-refractivity contribution in [1.29, 1.82) is 0 Å². The van der Waals surface area contributed by atoms with Crippen molar-refractivity contribution in [3.05, 3.63) is 106 Å². The molecule has 0 N–H and O–H groups in total. The van der Waals surface area contributed by atoms with E-state index in [0.29, 0.717) is 17.9 Å². The molecular formula is C26H22N4O2S. The van der Waals surface area contributed by atoms with E-state index in [9.17, 15) is 4.79 Å². The summed E-state index contributed by atoms with van der Waals surface area (Å²) in [4.78, 5) is 16.4. The van der Waals surface area contributed by atoms with Gasteiger partial charge in [0.05, 0.1) is 6.54 Å². The van der Waals surface area contributed by atoms with E-state index in [1.54, 1.807) is 30.2 Å². The van der Waals surface area contributed by atoms with Crippen LogP contribution in [0.15, 0.2) is 87.4 Å². The fraction of sp³-hybridized carbons (Fsp3) is 0.154. The Morgan fingerprint density at radius 3 is 2.58 bits per heavy atom. The summed E-state index contributed by atoms with van der Waals surface area (Å²) in [5.41, 5.74) is 5.51. The van der Waals surface area contributed by atoms with E-state index < -0.39 is 0 Å². The van der Waals surface area contributed by atoms with Crippen LogP contribution in [0, 0.1) is 13.8 Å². The molecule has 0 spiro atoms. The third-order valence-corrected chi connectivity index (χ3v) is 6.64. The maximum atomic E-state index is 12.2. The maximum Gasteiger partial charge on any atom is 0.336 e. The van der Waals surface area contributed by atoms with Gasteiger partial charge in [-0.3, -0.25) is 9.55 Å². The zero-order chi connectivity index (χ0) is 22.8. The Balaban J connectivity index is 1.52. The summed E-state index contributed by atoms with van der Waals surface area (Å²) in [6.45, 7) is 4.71. The Morgan fingerprint density at radius 1 is 0.970 bits per heavy atom. The Labute approximate surface area is 195 Å². The number of rotatable bonds is 6. The van der Waals surface area contributed by atoms with E-state index >= 15 is 0 Å². The first kappa shape index (κ1) is 21.2. The average molecular weight is 455 g/mol. The smallest absolute Gasteiger partial charge is 0.336 e. The van der Waals surface area contributed by atoms with E-state index in [1.807, 2.05) is 43.3 Å². The van der Waals surface area contributed by atoms with Gasteiger partial charge in [0.25, 0.3) is 0 Å². The van der Waals surface area contributed by atoms with Gasteiger partial charge in [0.15, 0.2) is 11.0 Å². The molecule has 2 aromatic carbocycles. The summed E-state index contributed by atoms with van der Waals surface area (Å²) in [6.07, 6.45) is 3.54. The van der Waals surface area contributed by atoms with Crippen molar-refractivity contribution in [2.45, 2.75) is 31.3 Å². The minimum Gasteiger partial charge on any atom is -0.423 e. The lowest BCUT2D eigenvalue weighted by atomic mass is 10.0. The molecule has 0 unspecified atom stereocenters. The molecule has 0 saturated carbocycles. The van der Waals surface area contributed by atoms with Gasteiger partial charge in [-0.15, -0.1) is 10.2 Å². The first-order valence-electron chi connectivity index (χ1n) is 10.6. The van der Waals surface area contributed by atoms with Crippen LogP contribution in [0.2, 0.25) is 0 Å². The lowest BCUT2D eigenvalue weighted by Crippen LogP contribution is -2.05.